The molecule has 4 heterocycles. The Morgan fingerprint density at radius 1 is 0.625 bits per heavy atom. The number of aliphatic hydroxyl groups excluding tert-OH is 1. The van der Waals surface area contributed by atoms with Crippen LogP contribution in [0.1, 0.15) is 99.1 Å². The normalized spacial score (nSPS) is 14.4. The SMILES string of the molecule is CC(C)(C)OC(=O)N1CCC(NCc2ccc(-c3cc4cc(F)cc(C(N)=O)c4o3)cc2)CC1.CO.COC(=O)c1cc(F)cc2cc(-c3ccc(CNC4CCN(C(=O)OC(C)(C)C)CC4)cc3)oc12.N. The molecule has 16 nitrogen and oxygen atoms in total. The first-order chi connectivity index (χ1) is 33.7. The van der Waals surface area contributed by atoms with Crippen LogP contribution in [0.15, 0.2) is 93.8 Å². The van der Waals surface area contributed by atoms with Gasteiger partial charge in [-0.1, -0.05) is 48.5 Å². The highest BCUT2D eigenvalue weighted by Gasteiger charge is 2.28. The molecular weight excluding hydrogens is 931 g/mol. The predicted octanol–water partition coefficient (Wildman–Crippen LogP) is 10.1. The third-order valence-corrected chi connectivity index (χ3v) is 11.8. The lowest BCUT2D eigenvalue weighted by Crippen LogP contribution is -2.46. The van der Waals surface area contributed by atoms with E-state index in [1.807, 2.05) is 90.1 Å². The summed E-state index contributed by atoms with van der Waals surface area (Å²) in [5.74, 6) is -1.35. The summed E-state index contributed by atoms with van der Waals surface area (Å²) < 4.78 is 55.1. The minimum atomic E-state index is -0.733. The number of primary amides is 1. The molecule has 4 aromatic carbocycles. The van der Waals surface area contributed by atoms with Gasteiger partial charge in [0.25, 0.3) is 5.91 Å². The van der Waals surface area contributed by atoms with E-state index in [0.717, 1.165) is 67.2 Å². The first-order valence-corrected chi connectivity index (χ1v) is 23.6. The minimum Gasteiger partial charge on any atom is -0.465 e. The zero-order valence-electron chi connectivity index (χ0n) is 42.4. The summed E-state index contributed by atoms with van der Waals surface area (Å²) in [6.07, 6.45) is 2.98. The number of esters is 1. The lowest BCUT2D eigenvalue weighted by atomic mass is 10.0. The van der Waals surface area contributed by atoms with E-state index in [4.69, 9.17) is 33.9 Å². The van der Waals surface area contributed by atoms with Crippen LogP contribution in [0.25, 0.3) is 44.6 Å². The highest BCUT2D eigenvalue weighted by atomic mass is 19.1. The standard InChI is InChI=1S/C27H31FN2O5.C26H30FN3O4.CH4O.H3N/c1-27(2,3)35-26(32)30-11-9-21(10-12-30)29-16-17-5-7-18(8-6-17)23-14-19-13-20(28)15-22(24(19)34-23)25(31)33-4;1-26(2,3)34-25(32)30-10-8-20(9-11-30)29-15-16-4-6-17(7-5-16)22-13-18-12-19(27)14-21(24(28)31)23(18)33-22;1-2;/h5-8,13-15,21,29H,9-12,16H2,1-4H3;4-7,12-14,20,29H,8-11,15H2,1-3H3,(H2,28,31);2H,1H3;1H3. The maximum Gasteiger partial charge on any atom is 0.410 e. The molecule has 72 heavy (non-hydrogen) atoms. The number of methoxy groups -OCH3 is 1. The molecule has 6 aromatic rings. The molecule has 8 rings (SSSR count). The van der Waals surface area contributed by atoms with Crippen molar-refractivity contribution in [2.24, 2.45) is 5.73 Å². The summed E-state index contributed by atoms with van der Waals surface area (Å²) in [5, 5.41) is 15.1. The van der Waals surface area contributed by atoms with Crippen LogP contribution in [-0.4, -0.2) is 103 Å². The van der Waals surface area contributed by atoms with E-state index in [9.17, 15) is 28.0 Å². The fourth-order valence-corrected chi connectivity index (χ4v) is 8.25. The van der Waals surface area contributed by atoms with E-state index in [1.165, 1.54) is 19.2 Å². The van der Waals surface area contributed by atoms with Gasteiger partial charge in [0.2, 0.25) is 0 Å². The topological polar surface area (TPSA) is 234 Å². The first-order valence-electron chi connectivity index (χ1n) is 23.6. The molecule has 0 saturated carbocycles. The second kappa shape index (κ2) is 24.5. The van der Waals surface area contributed by atoms with Crippen molar-refractivity contribution in [2.75, 3.05) is 40.4 Å². The minimum absolute atomic E-state index is 0. The van der Waals surface area contributed by atoms with Crippen LogP contribution in [0, 0.1) is 11.6 Å². The molecule has 0 atom stereocenters. The van der Waals surface area contributed by atoms with Gasteiger partial charge in [0.15, 0.2) is 0 Å². The van der Waals surface area contributed by atoms with Crippen molar-refractivity contribution in [3.8, 4) is 22.6 Å². The predicted molar refractivity (Wildman–Crippen MR) is 272 cm³/mol. The first kappa shape index (κ1) is 56.1. The van der Waals surface area contributed by atoms with Crippen molar-refractivity contribution in [1.29, 1.82) is 0 Å². The Hall–Kier alpha value is -6.86. The fourth-order valence-electron chi connectivity index (χ4n) is 8.25. The van der Waals surface area contributed by atoms with Crippen molar-refractivity contribution in [3.05, 3.63) is 119 Å². The molecule has 8 N–H and O–H groups in total. The number of fused-ring (bicyclic) bond motifs is 2. The molecule has 0 bridgehead atoms. The van der Waals surface area contributed by atoms with Crippen molar-refractivity contribution in [3.63, 3.8) is 0 Å². The fraction of sp³-hybridized carbons (Fsp3) is 0.407. The molecular formula is C54H68F2N6O10. The largest absolute Gasteiger partial charge is 0.465 e. The highest BCUT2D eigenvalue weighted by molar-refractivity contribution is 6.05. The van der Waals surface area contributed by atoms with Crippen LogP contribution in [0.3, 0.4) is 0 Å². The van der Waals surface area contributed by atoms with Gasteiger partial charge in [-0.2, -0.15) is 0 Å². The lowest BCUT2D eigenvalue weighted by molar-refractivity contribution is 0.0187. The number of hydrogen-bond donors (Lipinski definition) is 5. The number of amides is 3. The number of benzene rings is 4. The number of furan rings is 2. The van der Waals surface area contributed by atoms with E-state index >= 15 is 0 Å². The van der Waals surface area contributed by atoms with Gasteiger partial charge in [-0.3, -0.25) is 4.79 Å². The van der Waals surface area contributed by atoms with Crippen molar-refractivity contribution >= 4 is 46.0 Å². The molecule has 2 fully saturated rings. The van der Waals surface area contributed by atoms with Crippen LogP contribution < -0.4 is 22.5 Å². The summed E-state index contributed by atoms with van der Waals surface area (Å²) in [7, 11) is 2.25. The Labute approximate surface area is 418 Å². The van der Waals surface area contributed by atoms with Gasteiger partial charge in [0.1, 0.15) is 51.1 Å². The van der Waals surface area contributed by atoms with Gasteiger partial charge in [0, 0.05) is 80.4 Å². The average molecular weight is 999 g/mol. The Balaban J connectivity index is 0.000000255. The molecule has 0 radical (unpaired) electrons. The van der Waals surface area contributed by atoms with Crippen LogP contribution in [0.4, 0.5) is 18.4 Å². The van der Waals surface area contributed by atoms with Crippen molar-refractivity contribution in [1.82, 2.24) is 26.6 Å². The van der Waals surface area contributed by atoms with Crippen molar-refractivity contribution < 1.29 is 56.1 Å². The third-order valence-electron chi connectivity index (χ3n) is 11.8. The Morgan fingerprint density at radius 3 is 1.33 bits per heavy atom. The van der Waals surface area contributed by atoms with Crippen LogP contribution in [0.5, 0.6) is 0 Å². The third kappa shape index (κ3) is 15.1. The van der Waals surface area contributed by atoms with Gasteiger partial charge >= 0.3 is 18.2 Å². The second-order valence-corrected chi connectivity index (χ2v) is 19.5. The number of nitrogens with one attached hydrogen (secondary N) is 2. The van der Waals surface area contributed by atoms with Gasteiger partial charge < -0.3 is 60.5 Å². The molecule has 0 aliphatic carbocycles. The van der Waals surface area contributed by atoms with Gasteiger partial charge in [-0.15, -0.1) is 0 Å². The summed E-state index contributed by atoms with van der Waals surface area (Å²) in [6.45, 7) is 15.3. The number of halogens is 2. The number of ether oxygens (including phenoxy) is 3. The van der Waals surface area contributed by atoms with Crippen LogP contribution in [0.2, 0.25) is 0 Å². The number of carbonyl (C=O) groups is 4. The summed E-state index contributed by atoms with van der Waals surface area (Å²) in [6, 6.07) is 24.7. The zero-order valence-corrected chi connectivity index (χ0v) is 42.4. The van der Waals surface area contributed by atoms with Crippen LogP contribution in [-0.2, 0) is 27.3 Å². The van der Waals surface area contributed by atoms with E-state index < -0.39 is 34.7 Å². The van der Waals surface area contributed by atoms with Crippen molar-refractivity contribution in [2.45, 2.75) is 104 Å². The number of carbonyl (C=O) groups excluding carboxylic acids is 4. The summed E-state index contributed by atoms with van der Waals surface area (Å²) in [5.41, 5.74) is 8.93. The quantitative estimate of drug-likeness (QED) is 0.0636. The molecule has 3 amide bonds. The summed E-state index contributed by atoms with van der Waals surface area (Å²) >= 11 is 0. The number of nitrogens with two attached hydrogens (primary N) is 1. The van der Waals surface area contributed by atoms with E-state index in [-0.39, 0.29) is 35.0 Å². The molecule has 388 valence electrons. The molecule has 18 heteroatoms. The maximum absolute atomic E-state index is 13.9. The monoisotopic (exact) mass is 998 g/mol. The number of piperidine rings is 2. The number of aliphatic hydroxyl groups is 1. The molecule has 2 aliphatic heterocycles. The lowest BCUT2D eigenvalue weighted by Gasteiger charge is -2.33. The zero-order chi connectivity index (χ0) is 51.6. The second-order valence-electron chi connectivity index (χ2n) is 19.5. The molecule has 2 aromatic heterocycles. The number of hydrogen-bond acceptors (Lipinski definition) is 13. The molecule has 2 aliphatic rings. The number of nitrogens with zero attached hydrogens (tertiary/aromatic N) is 2. The van der Waals surface area contributed by atoms with Gasteiger partial charge in [-0.05, 0) is 115 Å². The highest BCUT2D eigenvalue weighted by Crippen LogP contribution is 2.33. The number of rotatable bonds is 10. The summed E-state index contributed by atoms with van der Waals surface area (Å²) in [4.78, 5) is 51.6. The Morgan fingerprint density at radius 2 is 0.986 bits per heavy atom. The molecule has 0 spiro atoms. The average Bonchev–Trinajstić information content (AvgIpc) is 3.97. The smallest absolute Gasteiger partial charge is 0.410 e. The van der Waals surface area contributed by atoms with E-state index in [0.29, 0.717) is 79.2 Å². The van der Waals surface area contributed by atoms with E-state index in [2.05, 4.69) is 10.6 Å². The molecule has 2 saturated heterocycles. The Bertz CT molecular complexity index is 2780. The van der Waals surface area contributed by atoms with E-state index in [1.54, 1.807) is 21.9 Å². The molecule has 0 unspecified atom stereocenters. The van der Waals surface area contributed by atoms with Gasteiger partial charge in [-0.25, -0.2) is 23.2 Å². The van der Waals surface area contributed by atoms with Gasteiger partial charge in [0.05, 0.1) is 12.7 Å². The van der Waals surface area contributed by atoms with Crippen LogP contribution >= 0.6 is 0 Å². The Kier molecular flexibility index (Phi) is 19.1. The maximum atomic E-state index is 13.9. The number of likely N-dealkylation sites (tertiary alicyclic amines) is 2.